The van der Waals surface area contributed by atoms with Gasteiger partial charge in [0.2, 0.25) is 15.3 Å². The summed E-state index contributed by atoms with van der Waals surface area (Å²) in [5.41, 5.74) is 1.27. The molecule has 21 heavy (non-hydrogen) atoms. The van der Waals surface area contributed by atoms with Crippen molar-refractivity contribution in [2.75, 3.05) is 17.6 Å². The van der Waals surface area contributed by atoms with E-state index in [0.29, 0.717) is 16.9 Å². The highest BCUT2D eigenvalue weighted by Gasteiger charge is 2.14. The molecule has 0 atom stereocenters. The first-order valence-electron chi connectivity index (χ1n) is 6.37. The predicted molar refractivity (Wildman–Crippen MR) is 81.9 cm³/mol. The van der Waals surface area contributed by atoms with Crippen molar-refractivity contribution in [2.24, 2.45) is 7.05 Å². The maximum atomic E-state index is 11.8. The predicted octanol–water partition coefficient (Wildman–Crippen LogP) is 0.756. The largest absolute Gasteiger partial charge is 0.367 e. The maximum Gasteiger partial charge on any atom is 0.225 e. The third-order valence-corrected chi connectivity index (χ3v) is 4.38. The average Bonchev–Trinajstić information content (AvgIpc) is 2.68. The van der Waals surface area contributed by atoms with Gasteiger partial charge in [-0.25, -0.2) is 18.1 Å². The number of nitrogens with one attached hydrogen (secondary N) is 2. The van der Waals surface area contributed by atoms with Gasteiger partial charge < -0.3 is 5.32 Å². The Morgan fingerprint density at radius 1 is 1.38 bits per heavy atom. The Morgan fingerprint density at radius 2 is 2.10 bits per heavy atom. The van der Waals surface area contributed by atoms with Crippen LogP contribution in [0, 0.1) is 0 Å². The number of fused-ring (bicyclic) bond motifs is 1. The highest BCUT2D eigenvalue weighted by molar-refractivity contribution is 7.89. The zero-order valence-corrected chi connectivity index (χ0v) is 13.5. The zero-order valence-electron chi connectivity index (χ0n) is 12.0. The Kier molecular flexibility index (Phi) is 4.64. The number of sulfonamides is 1. The summed E-state index contributed by atoms with van der Waals surface area (Å²) in [4.78, 5) is 8.14. The number of halogens is 1. The number of anilines is 1. The first-order valence-corrected chi connectivity index (χ1v) is 8.40. The molecule has 2 N–H and O–H groups in total. The summed E-state index contributed by atoms with van der Waals surface area (Å²) in [6.45, 7) is 3.75. The van der Waals surface area contributed by atoms with Crippen molar-refractivity contribution in [3.63, 3.8) is 0 Å². The van der Waals surface area contributed by atoms with Crippen LogP contribution in [0.15, 0.2) is 6.20 Å². The number of nitrogens with zero attached hydrogens (tertiary/aromatic N) is 4. The van der Waals surface area contributed by atoms with Gasteiger partial charge in [0.05, 0.1) is 11.9 Å². The molecule has 0 aliphatic rings. The van der Waals surface area contributed by atoms with Crippen LogP contribution in [0.25, 0.3) is 11.0 Å². The van der Waals surface area contributed by atoms with Gasteiger partial charge in [0, 0.05) is 19.6 Å². The van der Waals surface area contributed by atoms with E-state index >= 15 is 0 Å². The lowest BCUT2D eigenvalue weighted by Crippen LogP contribution is -2.34. The second kappa shape index (κ2) is 6.12. The Bertz CT molecular complexity index is 742. The molecule has 10 heteroatoms. The lowest BCUT2D eigenvalue weighted by molar-refractivity contribution is 0.570. The third-order valence-electron chi connectivity index (χ3n) is 2.64. The van der Waals surface area contributed by atoms with Gasteiger partial charge in [-0.05, 0) is 25.4 Å². The van der Waals surface area contributed by atoms with Crippen LogP contribution >= 0.6 is 11.6 Å². The van der Waals surface area contributed by atoms with Gasteiger partial charge in [-0.15, -0.1) is 0 Å². The first kappa shape index (κ1) is 15.9. The molecule has 0 radical (unpaired) electrons. The van der Waals surface area contributed by atoms with Gasteiger partial charge in [-0.3, -0.25) is 4.68 Å². The molecule has 2 rings (SSSR count). The standard InChI is InChI=1S/C11H17ClN6O2S/c1-7(2)17-21(19,20)5-4-13-10-9-8(6-14-18(9)3)15-11(12)16-10/h6-7,17H,4-5H2,1-3H3,(H,13,15,16). The van der Waals surface area contributed by atoms with Gasteiger partial charge in [0.25, 0.3) is 0 Å². The molecule has 0 fully saturated rings. The highest BCUT2D eigenvalue weighted by atomic mass is 35.5. The maximum absolute atomic E-state index is 11.8. The van der Waals surface area contributed by atoms with Crippen LogP contribution in [0.4, 0.5) is 5.82 Å². The normalized spacial score (nSPS) is 12.2. The van der Waals surface area contributed by atoms with E-state index in [9.17, 15) is 8.42 Å². The van der Waals surface area contributed by atoms with E-state index in [2.05, 4.69) is 25.1 Å². The summed E-state index contributed by atoms with van der Waals surface area (Å²) in [6.07, 6.45) is 1.57. The van der Waals surface area contributed by atoms with Crippen molar-refractivity contribution < 1.29 is 8.42 Å². The van der Waals surface area contributed by atoms with Gasteiger partial charge in [0.15, 0.2) is 5.82 Å². The summed E-state index contributed by atoms with van der Waals surface area (Å²) < 4.78 is 27.6. The van der Waals surface area contributed by atoms with Gasteiger partial charge in [-0.1, -0.05) is 0 Å². The monoisotopic (exact) mass is 332 g/mol. The first-order chi connectivity index (χ1) is 9.78. The van der Waals surface area contributed by atoms with Crippen LogP contribution in [0.1, 0.15) is 13.8 Å². The van der Waals surface area contributed by atoms with E-state index in [1.165, 1.54) is 0 Å². The molecule has 0 saturated heterocycles. The Labute approximate surface area is 128 Å². The minimum atomic E-state index is -3.32. The molecule has 0 aromatic carbocycles. The molecular weight excluding hydrogens is 316 g/mol. The van der Waals surface area contributed by atoms with Crippen LogP contribution in [-0.4, -0.2) is 46.5 Å². The molecule has 0 unspecified atom stereocenters. The van der Waals surface area contributed by atoms with E-state index in [1.807, 2.05) is 0 Å². The quantitative estimate of drug-likeness (QED) is 0.757. The van der Waals surface area contributed by atoms with Gasteiger partial charge in [-0.2, -0.15) is 10.1 Å². The summed E-state index contributed by atoms with van der Waals surface area (Å²) in [5, 5.41) is 7.13. The number of hydrogen-bond acceptors (Lipinski definition) is 6. The SMILES string of the molecule is CC(C)NS(=O)(=O)CCNc1nc(Cl)nc2cnn(C)c12. The average molecular weight is 333 g/mol. The van der Waals surface area contributed by atoms with E-state index < -0.39 is 10.0 Å². The van der Waals surface area contributed by atoms with Crippen LogP contribution in [-0.2, 0) is 17.1 Å². The Hall–Kier alpha value is -1.45. The third kappa shape index (κ3) is 4.02. The van der Waals surface area contributed by atoms with E-state index in [1.54, 1.807) is 31.8 Å². The van der Waals surface area contributed by atoms with Gasteiger partial charge in [0.1, 0.15) is 11.0 Å². The smallest absolute Gasteiger partial charge is 0.225 e. The fraction of sp³-hybridized carbons (Fsp3) is 0.545. The van der Waals surface area contributed by atoms with E-state index in [0.717, 1.165) is 0 Å². The van der Waals surface area contributed by atoms with Crippen LogP contribution in [0.3, 0.4) is 0 Å². The molecule has 0 saturated carbocycles. The Balaban J connectivity index is 2.12. The fourth-order valence-corrected chi connectivity index (χ4v) is 3.28. The summed E-state index contributed by atoms with van der Waals surface area (Å²) >= 11 is 5.84. The molecule has 116 valence electrons. The molecule has 0 aliphatic carbocycles. The number of rotatable bonds is 6. The number of hydrogen-bond donors (Lipinski definition) is 2. The Morgan fingerprint density at radius 3 is 2.76 bits per heavy atom. The van der Waals surface area contributed by atoms with Crippen molar-refractivity contribution in [1.82, 2.24) is 24.5 Å². The minimum Gasteiger partial charge on any atom is -0.367 e. The summed E-state index contributed by atoms with van der Waals surface area (Å²) in [5.74, 6) is 0.399. The van der Waals surface area contributed by atoms with Crippen LogP contribution in [0.5, 0.6) is 0 Å². The van der Waals surface area contributed by atoms with Crippen molar-refractivity contribution in [1.29, 1.82) is 0 Å². The molecule has 0 amide bonds. The fourth-order valence-electron chi connectivity index (χ4n) is 1.90. The molecule has 0 bridgehead atoms. The molecule has 2 aromatic heterocycles. The second-order valence-corrected chi connectivity index (χ2v) is 7.07. The molecule has 0 spiro atoms. The zero-order chi connectivity index (χ0) is 15.6. The van der Waals surface area contributed by atoms with E-state index in [-0.39, 0.29) is 23.6 Å². The second-order valence-electron chi connectivity index (χ2n) is 4.86. The lowest BCUT2D eigenvalue weighted by atomic mass is 10.4. The topological polar surface area (TPSA) is 102 Å². The molecule has 2 heterocycles. The molecular formula is C11H17ClN6O2S. The number of aromatic nitrogens is 4. The summed E-state index contributed by atoms with van der Waals surface area (Å²) in [7, 11) is -1.57. The lowest BCUT2D eigenvalue weighted by Gasteiger charge is -2.11. The molecule has 8 nitrogen and oxygen atoms in total. The molecule has 2 aromatic rings. The minimum absolute atomic E-state index is 0.0633. The van der Waals surface area contributed by atoms with Crippen molar-refractivity contribution >= 4 is 38.5 Å². The number of aryl methyl sites for hydroxylation is 1. The van der Waals surface area contributed by atoms with Crippen molar-refractivity contribution in [3.8, 4) is 0 Å². The molecule has 0 aliphatic heterocycles. The van der Waals surface area contributed by atoms with Crippen LogP contribution in [0.2, 0.25) is 5.28 Å². The van der Waals surface area contributed by atoms with Crippen molar-refractivity contribution in [3.05, 3.63) is 11.5 Å². The highest BCUT2D eigenvalue weighted by Crippen LogP contribution is 2.20. The van der Waals surface area contributed by atoms with E-state index in [4.69, 9.17) is 11.6 Å². The van der Waals surface area contributed by atoms with Crippen LogP contribution < -0.4 is 10.0 Å². The summed E-state index contributed by atoms with van der Waals surface area (Å²) in [6, 6.07) is -0.132. The van der Waals surface area contributed by atoms with Gasteiger partial charge >= 0.3 is 0 Å². The van der Waals surface area contributed by atoms with Crippen molar-refractivity contribution in [2.45, 2.75) is 19.9 Å².